The van der Waals surface area contributed by atoms with Gasteiger partial charge in [-0.05, 0) is 0 Å². The second-order valence-corrected chi connectivity index (χ2v) is 1.02. The minimum atomic E-state index is -0.954. The SMILES string of the molecule is F.F.F.OCC(O)CO. The van der Waals surface area contributed by atoms with E-state index in [9.17, 15) is 0 Å². The monoisotopic (exact) mass is 152 g/mol. The van der Waals surface area contributed by atoms with Gasteiger partial charge in [0.1, 0.15) is 6.10 Å². The summed E-state index contributed by atoms with van der Waals surface area (Å²) in [5, 5.41) is 24.0. The van der Waals surface area contributed by atoms with E-state index >= 15 is 0 Å². The van der Waals surface area contributed by atoms with Crippen LogP contribution in [0.3, 0.4) is 0 Å². The first-order chi connectivity index (χ1) is 2.81. The summed E-state index contributed by atoms with van der Waals surface area (Å²) in [5.41, 5.74) is 0. The van der Waals surface area contributed by atoms with Gasteiger partial charge in [-0.1, -0.05) is 0 Å². The number of hydrogen-bond donors (Lipinski definition) is 3. The normalized spacial score (nSPS) is 6.67. The molecule has 0 aromatic carbocycles. The molecule has 0 amide bonds. The van der Waals surface area contributed by atoms with Gasteiger partial charge in [-0.3, -0.25) is 14.1 Å². The van der Waals surface area contributed by atoms with E-state index in [4.69, 9.17) is 15.3 Å². The van der Waals surface area contributed by atoms with E-state index < -0.39 is 6.10 Å². The highest BCUT2D eigenvalue weighted by Crippen LogP contribution is 1.71. The van der Waals surface area contributed by atoms with Crippen LogP contribution in [0, 0.1) is 0 Å². The fourth-order valence-electron chi connectivity index (χ4n) is 0.0577. The summed E-state index contributed by atoms with van der Waals surface area (Å²) < 4.78 is 0. The van der Waals surface area contributed by atoms with Crippen LogP contribution in [0.2, 0.25) is 0 Å². The quantitative estimate of drug-likeness (QED) is 0.465. The minimum Gasteiger partial charge on any atom is -0.394 e. The van der Waals surface area contributed by atoms with Gasteiger partial charge in [-0.25, -0.2) is 0 Å². The maximum Gasteiger partial charge on any atom is 0.100 e. The molecule has 0 heterocycles. The van der Waals surface area contributed by atoms with E-state index in [-0.39, 0.29) is 27.3 Å². The van der Waals surface area contributed by atoms with Gasteiger partial charge in [0.15, 0.2) is 0 Å². The first kappa shape index (κ1) is 23.4. The predicted molar refractivity (Wildman–Crippen MR) is 27.7 cm³/mol. The molecular weight excluding hydrogens is 141 g/mol. The molecular formula is C3H11F3O3. The second-order valence-electron chi connectivity index (χ2n) is 1.02. The van der Waals surface area contributed by atoms with E-state index in [2.05, 4.69) is 0 Å². The Bertz CT molecular complexity index is 33.5. The van der Waals surface area contributed by atoms with Gasteiger partial charge in [0.25, 0.3) is 0 Å². The van der Waals surface area contributed by atoms with Crippen LogP contribution in [0.4, 0.5) is 14.1 Å². The molecule has 0 unspecified atom stereocenters. The molecule has 0 spiro atoms. The van der Waals surface area contributed by atoms with Gasteiger partial charge in [-0.2, -0.15) is 0 Å². The van der Waals surface area contributed by atoms with Crippen LogP contribution < -0.4 is 0 Å². The summed E-state index contributed by atoms with van der Waals surface area (Å²) in [6.07, 6.45) is -0.954. The Morgan fingerprint density at radius 1 is 0.889 bits per heavy atom. The molecule has 0 saturated carbocycles. The lowest BCUT2D eigenvalue weighted by Crippen LogP contribution is -2.15. The number of aliphatic hydroxyl groups excluding tert-OH is 3. The molecule has 0 atom stereocenters. The van der Waals surface area contributed by atoms with Gasteiger partial charge in [-0.15, -0.1) is 0 Å². The van der Waals surface area contributed by atoms with Crippen molar-refractivity contribution in [2.75, 3.05) is 13.2 Å². The van der Waals surface area contributed by atoms with Crippen LogP contribution in [0.5, 0.6) is 0 Å². The van der Waals surface area contributed by atoms with Crippen LogP contribution in [0.15, 0.2) is 0 Å². The van der Waals surface area contributed by atoms with Crippen molar-refractivity contribution in [2.24, 2.45) is 0 Å². The maximum absolute atomic E-state index is 8.17. The molecule has 0 rings (SSSR count). The third-order valence-electron chi connectivity index (χ3n) is 0.421. The van der Waals surface area contributed by atoms with E-state index in [1.54, 1.807) is 0 Å². The Balaban J connectivity index is -0.0000000417. The largest absolute Gasteiger partial charge is 0.394 e. The average Bonchev–Trinajstić information content (AvgIpc) is 1.65. The van der Waals surface area contributed by atoms with Crippen LogP contribution >= 0.6 is 0 Å². The predicted octanol–water partition coefficient (Wildman–Crippen LogP) is -1.21. The molecule has 0 fully saturated rings. The van der Waals surface area contributed by atoms with Gasteiger partial charge in [0.2, 0.25) is 0 Å². The molecule has 62 valence electrons. The summed E-state index contributed by atoms with van der Waals surface area (Å²) in [4.78, 5) is 0. The molecule has 3 nitrogen and oxygen atoms in total. The fourth-order valence-corrected chi connectivity index (χ4v) is 0.0577. The van der Waals surface area contributed by atoms with Crippen LogP contribution in [-0.2, 0) is 0 Å². The molecule has 6 heteroatoms. The molecule has 0 aromatic rings. The summed E-state index contributed by atoms with van der Waals surface area (Å²) in [6, 6.07) is 0. The number of aliphatic hydroxyl groups is 3. The van der Waals surface area contributed by atoms with E-state index in [0.29, 0.717) is 0 Å². The highest BCUT2D eigenvalue weighted by atomic mass is 19.0. The smallest absolute Gasteiger partial charge is 0.100 e. The standard InChI is InChI=1S/C3H8O3.3FH/c4-1-3(6)2-5;;;/h3-6H,1-2H2;3*1H. The molecule has 0 bridgehead atoms. The first-order valence-corrected chi connectivity index (χ1v) is 1.71. The average molecular weight is 152 g/mol. The van der Waals surface area contributed by atoms with Crippen molar-refractivity contribution in [3.05, 3.63) is 0 Å². The van der Waals surface area contributed by atoms with E-state index in [0.717, 1.165) is 0 Å². The van der Waals surface area contributed by atoms with Crippen LogP contribution in [-0.4, -0.2) is 34.6 Å². The lowest BCUT2D eigenvalue weighted by Gasteiger charge is -1.96. The zero-order chi connectivity index (χ0) is 4.99. The third-order valence-corrected chi connectivity index (χ3v) is 0.421. The van der Waals surface area contributed by atoms with Crippen molar-refractivity contribution in [3.63, 3.8) is 0 Å². The van der Waals surface area contributed by atoms with Crippen molar-refractivity contribution in [2.45, 2.75) is 6.10 Å². The van der Waals surface area contributed by atoms with E-state index in [1.807, 2.05) is 0 Å². The van der Waals surface area contributed by atoms with Crippen molar-refractivity contribution < 1.29 is 29.4 Å². The van der Waals surface area contributed by atoms with Crippen molar-refractivity contribution in [1.29, 1.82) is 0 Å². The van der Waals surface area contributed by atoms with Gasteiger partial charge in [0.05, 0.1) is 13.2 Å². The first-order valence-electron chi connectivity index (χ1n) is 1.71. The summed E-state index contributed by atoms with van der Waals surface area (Å²) in [6.45, 7) is -0.729. The molecule has 0 aliphatic heterocycles. The molecule has 0 radical (unpaired) electrons. The zero-order valence-electron chi connectivity index (χ0n) is 4.56. The lowest BCUT2D eigenvalue weighted by molar-refractivity contribution is 0.0450. The molecule has 3 N–H and O–H groups in total. The van der Waals surface area contributed by atoms with Gasteiger partial charge < -0.3 is 15.3 Å². The fraction of sp³-hybridized carbons (Fsp3) is 1.00. The summed E-state index contributed by atoms with van der Waals surface area (Å²) in [5.74, 6) is 0. The molecule has 9 heavy (non-hydrogen) atoms. The Morgan fingerprint density at radius 2 is 1.11 bits per heavy atom. The highest BCUT2D eigenvalue weighted by molar-refractivity contribution is 4.43. The topological polar surface area (TPSA) is 60.7 Å². The second kappa shape index (κ2) is 15.6. The molecule has 0 aliphatic carbocycles. The van der Waals surface area contributed by atoms with Crippen molar-refractivity contribution in [1.82, 2.24) is 0 Å². The van der Waals surface area contributed by atoms with Gasteiger partial charge in [0, 0.05) is 0 Å². The summed E-state index contributed by atoms with van der Waals surface area (Å²) >= 11 is 0. The number of hydrogen-bond acceptors (Lipinski definition) is 3. The molecule has 0 aliphatic rings. The minimum absolute atomic E-state index is 0. The molecule has 0 aromatic heterocycles. The van der Waals surface area contributed by atoms with Crippen LogP contribution in [0.1, 0.15) is 0 Å². The zero-order valence-corrected chi connectivity index (χ0v) is 4.56. The Labute approximate surface area is 50.0 Å². The third kappa shape index (κ3) is 18.3. The highest BCUT2D eigenvalue weighted by Gasteiger charge is 1.93. The molecule has 0 saturated heterocycles. The maximum atomic E-state index is 8.17. The van der Waals surface area contributed by atoms with Gasteiger partial charge >= 0.3 is 0 Å². The Kier molecular flexibility index (Phi) is 40.7. The van der Waals surface area contributed by atoms with Crippen molar-refractivity contribution >= 4 is 0 Å². The Morgan fingerprint density at radius 3 is 1.11 bits per heavy atom. The van der Waals surface area contributed by atoms with Crippen molar-refractivity contribution in [3.8, 4) is 0 Å². The Hall–Kier alpha value is -0.330. The van der Waals surface area contributed by atoms with Crippen LogP contribution in [0.25, 0.3) is 0 Å². The summed E-state index contributed by atoms with van der Waals surface area (Å²) in [7, 11) is 0. The number of rotatable bonds is 2. The number of halogens is 3. The lowest BCUT2D eigenvalue weighted by atomic mass is 10.4. The van der Waals surface area contributed by atoms with E-state index in [1.165, 1.54) is 0 Å².